The van der Waals surface area contributed by atoms with E-state index in [9.17, 15) is 14.0 Å². The number of amides is 1. The minimum absolute atomic E-state index is 0.130. The predicted octanol–water partition coefficient (Wildman–Crippen LogP) is 1.95. The summed E-state index contributed by atoms with van der Waals surface area (Å²) in [5.41, 5.74) is 0.838. The number of nitrogens with one attached hydrogen (secondary N) is 1. The molecule has 0 saturated carbocycles. The lowest BCUT2D eigenvalue weighted by Crippen LogP contribution is -2.36. The molecule has 1 aliphatic heterocycles. The molecule has 1 aromatic carbocycles. The first-order valence-electron chi connectivity index (χ1n) is 6.60. The van der Waals surface area contributed by atoms with Crippen molar-refractivity contribution in [3.8, 4) is 0 Å². The molecule has 0 atom stereocenters. The van der Waals surface area contributed by atoms with Gasteiger partial charge in [0.15, 0.2) is 5.78 Å². The summed E-state index contributed by atoms with van der Waals surface area (Å²) in [7, 11) is 0. The molecule has 1 aromatic rings. The van der Waals surface area contributed by atoms with Crippen LogP contribution in [0.5, 0.6) is 0 Å². The van der Waals surface area contributed by atoms with E-state index in [1.807, 2.05) is 4.90 Å². The van der Waals surface area contributed by atoms with Gasteiger partial charge in [-0.1, -0.05) is 15.9 Å². The summed E-state index contributed by atoms with van der Waals surface area (Å²) in [4.78, 5) is 24.6. The number of benzene rings is 1. The molecule has 5 nitrogen and oxygen atoms in total. The second kappa shape index (κ2) is 7.51. The normalized spacial score (nSPS) is 14.9. The van der Waals surface area contributed by atoms with Crippen LogP contribution in [0.25, 0.3) is 0 Å². The quantitative estimate of drug-likeness (QED) is 0.645. The third kappa shape index (κ3) is 4.50. The van der Waals surface area contributed by atoms with Crippen molar-refractivity contribution in [1.82, 2.24) is 0 Å². The van der Waals surface area contributed by atoms with Crippen LogP contribution in [0.15, 0.2) is 18.2 Å². The van der Waals surface area contributed by atoms with Crippen LogP contribution in [0.1, 0.15) is 6.42 Å². The molecule has 0 bridgehead atoms. The molecule has 1 heterocycles. The number of morpholine rings is 1. The topological polar surface area (TPSA) is 58.6 Å². The number of carbonyl (C=O) groups is 2. The number of anilines is 2. The molecule has 21 heavy (non-hydrogen) atoms. The Kier molecular flexibility index (Phi) is 5.69. The van der Waals surface area contributed by atoms with Crippen molar-refractivity contribution < 1.29 is 18.7 Å². The minimum Gasteiger partial charge on any atom is -0.378 e. The van der Waals surface area contributed by atoms with Gasteiger partial charge < -0.3 is 15.0 Å². The molecule has 0 spiro atoms. The SMILES string of the molecule is O=C(CBr)CC(=O)Nc1ccc(N2CCOCC2)c(F)c1. The summed E-state index contributed by atoms with van der Waals surface area (Å²) >= 11 is 2.99. The number of carbonyl (C=O) groups excluding carboxylic acids is 2. The van der Waals surface area contributed by atoms with Gasteiger partial charge in [0.2, 0.25) is 5.91 Å². The van der Waals surface area contributed by atoms with Crippen LogP contribution in [0.2, 0.25) is 0 Å². The van der Waals surface area contributed by atoms with Gasteiger partial charge in [0.1, 0.15) is 5.82 Å². The van der Waals surface area contributed by atoms with Gasteiger partial charge in [-0.2, -0.15) is 0 Å². The van der Waals surface area contributed by atoms with E-state index in [1.54, 1.807) is 12.1 Å². The summed E-state index contributed by atoms with van der Waals surface area (Å²) in [6.45, 7) is 2.43. The molecule has 7 heteroatoms. The number of alkyl halides is 1. The fraction of sp³-hybridized carbons (Fsp3) is 0.429. The Hall–Kier alpha value is -1.47. The van der Waals surface area contributed by atoms with Crippen molar-refractivity contribution in [2.45, 2.75) is 6.42 Å². The molecule has 0 aromatic heterocycles. The first-order chi connectivity index (χ1) is 10.1. The van der Waals surface area contributed by atoms with Crippen molar-refractivity contribution in [3.63, 3.8) is 0 Å². The maximum absolute atomic E-state index is 14.1. The molecular weight excluding hydrogens is 343 g/mol. The van der Waals surface area contributed by atoms with Crippen LogP contribution in [-0.4, -0.2) is 43.3 Å². The molecule has 2 rings (SSSR count). The number of ether oxygens (including phenoxy) is 1. The highest BCUT2D eigenvalue weighted by Gasteiger charge is 2.16. The highest BCUT2D eigenvalue weighted by atomic mass is 79.9. The van der Waals surface area contributed by atoms with Gasteiger partial charge in [-0.3, -0.25) is 9.59 Å². The van der Waals surface area contributed by atoms with Crippen LogP contribution < -0.4 is 10.2 Å². The molecule has 0 aliphatic carbocycles. The number of halogens is 2. The average molecular weight is 359 g/mol. The lowest BCUT2D eigenvalue weighted by atomic mass is 10.2. The molecule has 1 amide bonds. The Labute approximate surface area is 130 Å². The van der Waals surface area contributed by atoms with Crippen LogP contribution in [0.3, 0.4) is 0 Å². The largest absolute Gasteiger partial charge is 0.378 e. The molecule has 114 valence electrons. The van der Waals surface area contributed by atoms with Gasteiger partial charge in [-0.25, -0.2) is 4.39 Å². The van der Waals surface area contributed by atoms with Crippen molar-refractivity contribution >= 4 is 39.0 Å². The smallest absolute Gasteiger partial charge is 0.231 e. The van der Waals surface area contributed by atoms with E-state index < -0.39 is 11.7 Å². The van der Waals surface area contributed by atoms with Crippen LogP contribution in [-0.2, 0) is 14.3 Å². The molecule has 1 saturated heterocycles. The summed E-state index contributed by atoms with van der Waals surface area (Å²) in [5, 5.41) is 2.64. The first-order valence-corrected chi connectivity index (χ1v) is 7.72. The maximum Gasteiger partial charge on any atom is 0.231 e. The highest BCUT2D eigenvalue weighted by molar-refractivity contribution is 9.09. The zero-order valence-electron chi connectivity index (χ0n) is 11.4. The van der Waals surface area contributed by atoms with Gasteiger partial charge in [-0.05, 0) is 18.2 Å². The van der Waals surface area contributed by atoms with E-state index in [1.165, 1.54) is 6.07 Å². The number of ketones is 1. The lowest BCUT2D eigenvalue weighted by molar-refractivity contribution is -0.123. The molecule has 1 fully saturated rings. The fourth-order valence-corrected chi connectivity index (χ4v) is 2.28. The lowest BCUT2D eigenvalue weighted by Gasteiger charge is -2.29. The Morgan fingerprint density at radius 1 is 1.33 bits per heavy atom. The number of Topliss-reactive ketones (excluding diaryl/α,β-unsaturated/α-hetero) is 1. The van der Waals surface area contributed by atoms with Gasteiger partial charge >= 0.3 is 0 Å². The van der Waals surface area contributed by atoms with Crippen LogP contribution in [0, 0.1) is 5.82 Å². The molecular formula is C14H16BrFN2O3. The Bertz CT molecular complexity index is 533. The zero-order chi connectivity index (χ0) is 15.2. The van der Waals surface area contributed by atoms with Crippen LogP contribution >= 0.6 is 15.9 Å². The Balaban J connectivity index is 2.01. The van der Waals surface area contributed by atoms with E-state index in [0.29, 0.717) is 37.7 Å². The summed E-state index contributed by atoms with van der Waals surface area (Å²) in [6.07, 6.45) is -0.224. The van der Waals surface area contributed by atoms with Gasteiger partial charge in [-0.15, -0.1) is 0 Å². The summed E-state index contributed by atoms with van der Waals surface area (Å²) < 4.78 is 19.3. The third-order valence-electron chi connectivity index (χ3n) is 3.09. The minimum atomic E-state index is -0.446. The second-order valence-electron chi connectivity index (χ2n) is 4.66. The fourth-order valence-electron chi connectivity index (χ4n) is 2.08. The molecule has 0 radical (unpaired) electrons. The van der Waals surface area contributed by atoms with E-state index in [4.69, 9.17) is 4.74 Å². The van der Waals surface area contributed by atoms with Crippen molar-refractivity contribution in [1.29, 1.82) is 0 Å². The average Bonchev–Trinajstić information content (AvgIpc) is 2.48. The number of rotatable bonds is 5. The monoisotopic (exact) mass is 358 g/mol. The molecule has 1 aliphatic rings. The Morgan fingerprint density at radius 3 is 2.67 bits per heavy atom. The third-order valence-corrected chi connectivity index (χ3v) is 3.72. The van der Waals surface area contributed by atoms with Crippen molar-refractivity contribution in [2.75, 3.05) is 41.9 Å². The zero-order valence-corrected chi connectivity index (χ0v) is 13.0. The van der Waals surface area contributed by atoms with E-state index in [-0.39, 0.29) is 17.5 Å². The number of hydrogen-bond donors (Lipinski definition) is 1. The van der Waals surface area contributed by atoms with E-state index >= 15 is 0 Å². The summed E-state index contributed by atoms with van der Waals surface area (Å²) in [6, 6.07) is 4.52. The highest BCUT2D eigenvalue weighted by Crippen LogP contribution is 2.23. The van der Waals surface area contributed by atoms with Gasteiger partial charge in [0.25, 0.3) is 0 Å². The van der Waals surface area contributed by atoms with Gasteiger partial charge in [0.05, 0.1) is 30.7 Å². The Morgan fingerprint density at radius 2 is 2.05 bits per heavy atom. The molecule has 0 unspecified atom stereocenters. The molecule has 1 N–H and O–H groups in total. The standard InChI is InChI=1S/C14H16BrFN2O3/c15-9-11(19)8-14(20)17-10-1-2-13(12(16)7-10)18-3-5-21-6-4-18/h1-2,7H,3-6,8-9H2,(H,17,20). The van der Waals surface area contributed by atoms with Crippen LogP contribution in [0.4, 0.5) is 15.8 Å². The van der Waals surface area contributed by atoms with E-state index in [2.05, 4.69) is 21.2 Å². The van der Waals surface area contributed by atoms with Crippen molar-refractivity contribution in [2.24, 2.45) is 0 Å². The van der Waals surface area contributed by atoms with Gasteiger partial charge in [0, 0.05) is 18.8 Å². The summed E-state index contributed by atoms with van der Waals surface area (Å²) in [5.74, 6) is -1.07. The number of nitrogens with zero attached hydrogens (tertiary/aromatic N) is 1. The maximum atomic E-state index is 14.1. The second-order valence-corrected chi connectivity index (χ2v) is 5.22. The van der Waals surface area contributed by atoms with E-state index in [0.717, 1.165) is 0 Å². The predicted molar refractivity (Wildman–Crippen MR) is 81.5 cm³/mol. The number of hydrogen-bond acceptors (Lipinski definition) is 4. The van der Waals surface area contributed by atoms with Crippen molar-refractivity contribution in [3.05, 3.63) is 24.0 Å². The first kappa shape index (κ1) is 15.9.